The van der Waals surface area contributed by atoms with Crippen LogP contribution in [0.5, 0.6) is 5.75 Å². The number of esters is 1. The third-order valence-corrected chi connectivity index (χ3v) is 5.04. The maximum Gasteiger partial charge on any atom is 0.337 e. The molecular weight excluding hydrogens is 356 g/mol. The highest BCUT2D eigenvalue weighted by atomic mass is 16.5. The highest BCUT2D eigenvalue weighted by molar-refractivity contribution is 5.96. The fourth-order valence-corrected chi connectivity index (χ4v) is 3.51. The Bertz CT molecular complexity index is 857. The summed E-state index contributed by atoms with van der Waals surface area (Å²) < 4.78 is 4.67. The molecule has 0 saturated carbocycles. The number of hydrogen-bond acceptors (Lipinski definition) is 5. The Kier molecular flexibility index (Phi) is 6.31. The molecule has 2 aromatic carbocycles. The third-order valence-electron chi connectivity index (χ3n) is 5.04. The van der Waals surface area contributed by atoms with Crippen LogP contribution in [-0.4, -0.2) is 66.6 Å². The van der Waals surface area contributed by atoms with Crippen LogP contribution in [0, 0.1) is 0 Å². The van der Waals surface area contributed by atoms with Gasteiger partial charge in [0.25, 0.3) is 5.91 Å². The van der Waals surface area contributed by atoms with Crippen LogP contribution in [0.4, 0.5) is 0 Å². The maximum absolute atomic E-state index is 12.9. The molecule has 0 spiro atoms. The minimum absolute atomic E-state index is 0.00340. The van der Waals surface area contributed by atoms with Crippen molar-refractivity contribution in [1.29, 1.82) is 0 Å². The van der Waals surface area contributed by atoms with Crippen molar-refractivity contribution in [2.75, 3.05) is 39.8 Å². The summed E-state index contributed by atoms with van der Waals surface area (Å²) >= 11 is 0. The Morgan fingerprint density at radius 1 is 1.04 bits per heavy atom. The van der Waals surface area contributed by atoms with Gasteiger partial charge >= 0.3 is 5.97 Å². The van der Waals surface area contributed by atoms with Crippen molar-refractivity contribution in [3.05, 3.63) is 53.6 Å². The van der Waals surface area contributed by atoms with Crippen molar-refractivity contribution >= 4 is 11.9 Å². The molecule has 0 aromatic heterocycles. The smallest absolute Gasteiger partial charge is 0.337 e. The number of phenols is 1. The van der Waals surface area contributed by atoms with Crippen molar-refractivity contribution in [3.63, 3.8) is 0 Å². The summed E-state index contributed by atoms with van der Waals surface area (Å²) in [7, 11) is 1.30. The van der Waals surface area contributed by atoms with E-state index in [9.17, 15) is 14.7 Å². The number of aromatic hydroxyl groups is 1. The molecule has 1 amide bonds. The zero-order valence-corrected chi connectivity index (χ0v) is 16.4. The molecule has 6 heteroatoms. The predicted molar refractivity (Wildman–Crippen MR) is 108 cm³/mol. The Morgan fingerprint density at radius 2 is 1.79 bits per heavy atom. The van der Waals surface area contributed by atoms with Gasteiger partial charge in [-0.15, -0.1) is 0 Å². The summed E-state index contributed by atoms with van der Waals surface area (Å²) in [5, 5.41) is 10.3. The van der Waals surface area contributed by atoms with E-state index < -0.39 is 5.97 Å². The molecule has 1 N–H and O–H groups in total. The lowest BCUT2D eigenvalue weighted by Crippen LogP contribution is -2.48. The first-order valence-corrected chi connectivity index (χ1v) is 9.57. The van der Waals surface area contributed by atoms with Crippen molar-refractivity contribution in [1.82, 2.24) is 9.80 Å². The summed E-state index contributed by atoms with van der Waals surface area (Å²) in [5.41, 5.74) is 2.17. The van der Waals surface area contributed by atoms with E-state index in [-0.39, 0.29) is 17.2 Å². The first-order valence-electron chi connectivity index (χ1n) is 9.57. The van der Waals surface area contributed by atoms with E-state index in [1.165, 1.54) is 13.2 Å². The standard InChI is InChI=1S/C22H26N2O4/c1-3-9-23-10-12-24(13-11-23)21(26)17-6-4-5-16(14-17)19-8-7-18(15-20(19)25)22(27)28-2/h4-8,14-15,25H,3,9-13H2,1-2H3. The fourth-order valence-electron chi connectivity index (χ4n) is 3.51. The largest absolute Gasteiger partial charge is 0.507 e. The molecule has 0 aliphatic carbocycles. The van der Waals surface area contributed by atoms with Gasteiger partial charge in [0, 0.05) is 37.3 Å². The van der Waals surface area contributed by atoms with Gasteiger partial charge in [0.2, 0.25) is 0 Å². The van der Waals surface area contributed by atoms with Gasteiger partial charge in [-0.25, -0.2) is 4.79 Å². The Morgan fingerprint density at radius 3 is 2.43 bits per heavy atom. The number of carbonyl (C=O) groups excluding carboxylic acids is 2. The number of ether oxygens (including phenoxy) is 1. The van der Waals surface area contributed by atoms with Gasteiger partial charge in [0.05, 0.1) is 12.7 Å². The second-order valence-electron chi connectivity index (χ2n) is 6.94. The van der Waals surface area contributed by atoms with E-state index in [0.717, 1.165) is 44.7 Å². The SMILES string of the molecule is CCCN1CCN(C(=O)c2cccc(-c3ccc(C(=O)OC)cc3O)c2)CC1. The van der Waals surface area contributed by atoms with Crippen LogP contribution < -0.4 is 0 Å². The number of benzene rings is 2. The van der Waals surface area contributed by atoms with Gasteiger partial charge in [0.1, 0.15) is 5.75 Å². The number of amides is 1. The van der Waals surface area contributed by atoms with Crippen molar-refractivity contribution < 1.29 is 19.4 Å². The molecule has 6 nitrogen and oxygen atoms in total. The van der Waals surface area contributed by atoms with Crippen molar-refractivity contribution in [2.45, 2.75) is 13.3 Å². The fraction of sp³-hybridized carbons (Fsp3) is 0.364. The summed E-state index contributed by atoms with van der Waals surface area (Å²) in [6.45, 7) is 6.48. The quantitative estimate of drug-likeness (QED) is 0.805. The molecule has 3 rings (SSSR count). The van der Waals surface area contributed by atoms with E-state index in [1.54, 1.807) is 24.3 Å². The number of hydrogen-bond donors (Lipinski definition) is 1. The maximum atomic E-state index is 12.9. The van der Waals surface area contributed by atoms with Crippen LogP contribution in [-0.2, 0) is 4.74 Å². The molecule has 0 unspecified atom stereocenters. The molecule has 2 aromatic rings. The zero-order valence-electron chi connectivity index (χ0n) is 16.4. The monoisotopic (exact) mass is 382 g/mol. The van der Waals surface area contributed by atoms with Gasteiger partial charge in [-0.3, -0.25) is 9.69 Å². The number of phenolic OH excluding ortho intramolecular Hbond substituents is 1. The van der Waals surface area contributed by atoms with E-state index in [2.05, 4.69) is 16.6 Å². The molecule has 0 radical (unpaired) electrons. The summed E-state index contributed by atoms with van der Waals surface area (Å²) in [5.74, 6) is -0.530. The van der Waals surface area contributed by atoms with Gasteiger partial charge in [-0.1, -0.05) is 19.1 Å². The lowest BCUT2D eigenvalue weighted by Gasteiger charge is -2.34. The first-order chi connectivity index (χ1) is 13.5. The van der Waals surface area contributed by atoms with Crippen molar-refractivity contribution in [3.8, 4) is 16.9 Å². The summed E-state index contributed by atoms with van der Waals surface area (Å²) in [6.07, 6.45) is 1.12. The normalized spacial score (nSPS) is 14.7. The van der Waals surface area contributed by atoms with Crippen LogP contribution in [0.3, 0.4) is 0 Å². The highest BCUT2D eigenvalue weighted by Crippen LogP contribution is 2.31. The number of rotatable bonds is 5. The molecule has 148 valence electrons. The molecule has 1 saturated heterocycles. The molecule has 0 bridgehead atoms. The minimum atomic E-state index is -0.506. The summed E-state index contributed by atoms with van der Waals surface area (Å²) in [4.78, 5) is 28.8. The van der Waals surface area contributed by atoms with Crippen LogP contribution in [0.15, 0.2) is 42.5 Å². The lowest BCUT2D eigenvalue weighted by molar-refractivity contribution is 0.0599. The van der Waals surface area contributed by atoms with Gasteiger partial charge in [0.15, 0.2) is 0 Å². The zero-order chi connectivity index (χ0) is 20.1. The van der Waals surface area contributed by atoms with Crippen LogP contribution in [0.25, 0.3) is 11.1 Å². The van der Waals surface area contributed by atoms with E-state index >= 15 is 0 Å². The molecule has 1 aliphatic rings. The van der Waals surface area contributed by atoms with Crippen LogP contribution in [0.2, 0.25) is 0 Å². The van der Waals surface area contributed by atoms with Crippen LogP contribution in [0.1, 0.15) is 34.1 Å². The number of methoxy groups -OCH3 is 1. The van der Waals surface area contributed by atoms with E-state index in [0.29, 0.717) is 11.1 Å². The predicted octanol–water partition coefficient (Wildman–Crippen LogP) is 3.01. The molecule has 1 fully saturated rings. The first kappa shape index (κ1) is 19.9. The van der Waals surface area contributed by atoms with Gasteiger partial charge in [-0.2, -0.15) is 0 Å². The van der Waals surface area contributed by atoms with E-state index in [1.807, 2.05) is 17.0 Å². The number of carbonyl (C=O) groups is 2. The third kappa shape index (κ3) is 4.34. The Hall–Kier alpha value is -2.86. The lowest BCUT2D eigenvalue weighted by atomic mass is 10.00. The van der Waals surface area contributed by atoms with Crippen molar-refractivity contribution in [2.24, 2.45) is 0 Å². The second-order valence-corrected chi connectivity index (χ2v) is 6.94. The second kappa shape index (κ2) is 8.89. The average molecular weight is 382 g/mol. The average Bonchev–Trinajstić information content (AvgIpc) is 2.73. The van der Waals surface area contributed by atoms with Crippen LogP contribution >= 0.6 is 0 Å². The minimum Gasteiger partial charge on any atom is -0.507 e. The number of piperazine rings is 1. The molecule has 1 heterocycles. The molecule has 28 heavy (non-hydrogen) atoms. The molecule has 1 aliphatic heterocycles. The highest BCUT2D eigenvalue weighted by Gasteiger charge is 2.22. The Labute approximate surface area is 165 Å². The van der Waals surface area contributed by atoms with E-state index in [4.69, 9.17) is 0 Å². The number of nitrogens with zero attached hydrogens (tertiary/aromatic N) is 2. The molecule has 0 atom stereocenters. The van der Waals surface area contributed by atoms with Gasteiger partial charge in [-0.05, 0) is 48.9 Å². The topological polar surface area (TPSA) is 70.1 Å². The van der Waals surface area contributed by atoms with Gasteiger partial charge < -0.3 is 14.7 Å². The molecular formula is C22H26N2O4. The Balaban J connectivity index is 1.77. The summed E-state index contributed by atoms with van der Waals surface area (Å²) in [6, 6.07) is 11.9.